The molecular formula is C15H18N4. The van der Waals surface area contributed by atoms with Gasteiger partial charge in [0.2, 0.25) is 0 Å². The Morgan fingerprint density at radius 1 is 1.32 bits per heavy atom. The van der Waals surface area contributed by atoms with Gasteiger partial charge in [0.05, 0.1) is 5.69 Å². The van der Waals surface area contributed by atoms with Crippen LogP contribution >= 0.6 is 0 Å². The molecule has 19 heavy (non-hydrogen) atoms. The summed E-state index contributed by atoms with van der Waals surface area (Å²) in [6, 6.07) is 8.66. The Bertz CT molecular complexity index is 594. The third-order valence-corrected chi connectivity index (χ3v) is 3.61. The van der Waals surface area contributed by atoms with E-state index in [4.69, 9.17) is 5.73 Å². The fourth-order valence-electron chi connectivity index (χ4n) is 2.64. The van der Waals surface area contributed by atoms with Crippen molar-refractivity contribution >= 4 is 5.82 Å². The number of hydrogen-bond acceptors (Lipinski definition) is 4. The zero-order valence-electron chi connectivity index (χ0n) is 11.1. The first kappa shape index (κ1) is 12.1. The van der Waals surface area contributed by atoms with E-state index in [1.54, 1.807) is 6.33 Å². The Hall–Kier alpha value is -1.94. The van der Waals surface area contributed by atoms with Crippen LogP contribution in [-0.4, -0.2) is 21.4 Å². The summed E-state index contributed by atoms with van der Waals surface area (Å²) in [6.45, 7) is 4.96. The molecule has 4 heteroatoms. The highest BCUT2D eigenvalue weighted by molar-refractivity contribution is 5.42. The molecule has 0 amide bonds. The van der Waals surface area contributed by atoms with Gasteiger partial charge < -0.3 is 5.73 Å². The molecular weight excluding hydrogens is 236 g/mol. The van der Waals surface area contributed by atoms with Crippen molar-refractivity contribution in [2.24, 2.45) is 0 Å². The molecule has 1 aliphatic heterocycles. The number of rotatable bonds is 2. The summed E-state index contributed by atoms with van der Waals surface area (Å²) >= 11 is 0. The van der Waals surface area contributed by atoms with Gasteiger partial charge in [0.15, 0.2) is 0 Å². The molecule has 2 aromatic rings. The number of benzene rings is 1. The molecule has 0 bridgehead atoms. The number of hydrogen-bond donors (Lipinski definition) is 1. The lowest BCUT2D eigenvalue weighted by atomic mass is 10.0. The van der Waals surface area contributed by atoms with E-state index >= 15 is 0 Å². The zero-order valence-corrected chi connectivity index (χ0v) is 11.1. The van der Waals surface area contributed by atoms with Crippen LogP contribution in [0.15, 0.2) is 30.6 Å². The van der Waals surface area contributed by atoms with Crippen LogP contribution in [0.25, 0.3) is 0 Å². The molecule has 0 aliphatic carbocycles. The smallest absolute Gasteiger partial charge is 0.130 e. The van der Waals surface area contributed by atoms with Crippen molar-refractivity contribution < 1.29 is 0 Å². The third kappa shape index (κ3) is 2.58. The average molecular weight is 254 g/mol. The summed E-state index contributed by atoms with van der Waals surface area (Å²) in [7, 11) is 0. The highest BCUT2D eigenvalue weighted by Crippen LogP contribution is 2.21. The van der Waals surface area contributed by atoms with E-state index in [9.17, 15) is 0 Å². The van der Waals surface area contributed by atoms with Gasteiger partial charge in [-0.15, -0.1) is 0 Å². The quantitative estimate of drug-likeness (QED) is 0.889. The number of anilines is 1. The van der Waals surface area contributed by atoms with Crippen LogP contribution in [0.3, 0.4) is 0 Å². The van der Waals surface area contributed by atoms with E-state index in [1.807, 2.05) is 0 Å². The molecule has 0 atom stereocenters. The number of nitrogens with zero attached hydrogens (tertiary/aromatic N) is 3. The third-order valence-electron chi connectivity index (χ3n) is 3.61. The molecule has 2 heterocycles. The predicted molar refractivity (Wildman–Crippen MR) is 75.4 cm³/mol. The van der Waals surface area contributed by atoms with E-state index in [0.29, 0.717) is 5.82 Å². The standard InChI is InChI=1S/C15H18N4/c1-11-3-2-4-12(7-11)8-19-6-5-13-14(9-19)17-10-18-15(13)16/h2-4,7,10H,5-6,8-9H2,1H3,(H2,16,17,18). The van der Waals surface area contributed by atoms with Crippen molar-refractivity contribution in [3.63, 3.8) is 0 Å². The zero-order chi connectivity index (χ0) is 13.2. The normalized spacial score (nSPS) is 15.2. The van der Waals surface area contributed by atoms with Crippen LogP contribution in [0.2, 0.25) is 0 Å². The van der Waals surface area contributed by atoms with Crippen LogP contribution in [0.4, 0.5) is 5.82 Å². The maximum absolute atomic E-state index is 5.89. The molecule has 0 fully saturated rings. The average Bonchev–Trinajstić information content (AvgIpc) is 2.39. The summed E-state index contributed by atoms with van der Waals surface area (Å²) in [5.41, 5.74) is 10.8. The van der Waals surface area contributed by atoms with Crippen LogP contribution < -0.4 is 5.73 Å². The minimum atomic E-state index is 0.639. The Morgan fingerprint density at radius 2 is 2.21 bits per heavy atom. The van der Waals surface area contributed by atoms with Crippen LogP contribution in [0, 0.1) is 6.92 Å². The van der Waals surface area contributed by atoms with Crippen LogP contribution in [0.1, 0.15) is 22.4 Å². The minimum absolute atomic E-state index is 0.639. The molecule has 0 radical (unpaired) electrons. The molecule has 1 aromatic carbocycles. The summed E-state index contributed by atoms with van der Waals surface area (Å²) in [4.78, 5) is 10.8. The van der Waals surface area contributed by atoms with Gasteiger partial charge in [-0.25, -0.2) is 9.97 Å². The summed E-state index contributed by atoms with van der Waals surface area (Å²) in [5, 5.41) is 0. The second-order valence-electron chi connectivity index (χ2n) is 5.13. The number of aromatic nitrogens is 2. The van der Waals surface area contributed by atoms with E-state index in [1.165, 1.54) is 11.1 Å². The number of aryl methyl sites for hydroxylation is 1. The Balaban J connectivity index is 1.76. The van der Waals surface area contributed by atoms with Crippen molar-refractivity contribution in [1.82, 2.24) is 14.9 Å². The first-order chi connectivity index (χ1) is 9.22. The number of nitrogen functional groups attached to an aromatic ring is 1. The summed E-state index contributed by atoms with van der Waals surface area (Å²) < 4.78 is 0. The molecule has 2 N–H and O–H groups in total. The minimum Gasteiger partial charge on any atom is -0.383 e. The molecule has 0 spiro atoms. The van der Waals surface area contributed by atoms with Gasteiger partial charge in [-0.3, -0.25) is 4.90 Å². The SMILES string of the molecule is Cc1cccc(CN2CCc3c(N)ncnc3C2)c1. The van der Waals surface area contributed by atoms with Crippen molar-refractivity contribution in [3.05, 3.63) is 53.0 Å². The van der Waals surface area contributed by atoms with Gasteiger partial charge in [0.25, 0.3) is 0 Å². The highest BCUT2D eigenvalue weighted by Gasteiger charge is 2.19. The van der Waals surface area contributed by atoms with E-state index in [0.717, 1.165) is 37.3 Å². The van der Waals surface area contributed by atoms with Gasteiger partial charge in [-0.05, 0) is 18.9 Å². The van der Waals surface area contributed by atoms with Crippen molar-refractivity contribution in [1.29, 1.82) is 0 Å². The molecule has 0 unspecified atom stereocenters. The monoisotopic (exact) mass is 254 g/mol. The predicted octanol–water partition coefficient (Wildman–Crippen LogP) is 1.93. The molecule has 3 rings (SSSR count). The Labute approximate surface area is 113 Å². The van der Waals surface area contributed by atoms with E-state index in [2.05, 4.69) is 46.1 Å². The maximum atomic E-state index is 5.89. The second-order valence-corrected chi connectivity index (χ2v) is 5.13. The lowest BCUT2D eigenvalue weighted by Gasteiger charge is -2.28. The second kappa shape index (κ2) is 4.97. The fourth-order valence-corrected chi connectivity index (χ4v) is 2.64. The number of nitrogens with two attached hydrogens (primary N) is 1. The Morgan fingerprint density at radius 3 is 3.05 bits per heavy atom. The first-order valence-corrected chi connectivity index (χ1v) is 6.58. The first-order valence-electron chi connectivity index (χ1n) is 6.58. The van der Waals surface area contributed by atoms with Crippen molar-refractivity contribution in [2.45, 2.75) is 26.4 Å². The van der Waals surface area contributed by atoms with Gasteiger partial charge in [-0.2, -0.15) is 0 Å². The molecule has 1 aliphatic rings. The molecule has 0 saturated heterocycles. The van der Waals surface area contributed by atoms with Crippen molar-refractivity contribution in [2.75, 3.05) is 12.3 Å². The summed E-state index contributed by atoms with van der Waals surface area (Å²) in [5.74, 6) is 0.639. The largest absolute Gasteiger partial charge is 0.383 e. The van der Waals surface area contributed by atoms with Gasteiger partial charge in [0.1, 0.15) is 12.1 Å². The molecule has 1 aromatic heterocycles. The fraction of sp³-hybridized carbons (Fsp3) is 0.333. The number of fused-ring (bicyclic) bond motifs is 1. The lowest BCUT2D eigenvalue weighted by molar-refractivity contribution is 0.241. The Kier molecular flexibility index (Phi) is 3.17. The topological polar surface area (TPSA) is 55.0 Å². The van der Waals surface area contributed by atoms with E-state index < -0.39 is 0 Å². The van der Waals surface area contributed by atoms with Crippen LogP contribution in [0.5, 0.6) is 0 Å². The van der Waals surface area contributed by atoms with Gasteiger partial charge >= 0.3 is 0 Å². The van der Waals surface area contributed by atoms with Crippen molar-refractivity contribution in [3.8, 4) is 0 Å². The highest BCUT2D eigenvalue weighted by atomic mass is 15.1. The van der Waals surface area contributed by atoms with Crippen LogP contribution in [-0.2, 0) is 19.5 Å². The van der Waals surface area contributed by atoms with Gasteiger partial charge in [-0.1, -0.05) is 29.8 Å². The van der Waals surface area contributed by atoms with Gasteiger partial charge in [0, 0.05) is 25.2 Å². The summed E-state index contributed by atoms with van der Waals surface area (Å²) in [6.07, 6.45) is 2.50. The lowest BCUT2D eigenvalue weighted by Crippen LogP contribution is -2.31. The molecule has 4 nitrogen and oxygen atoms in total. The molecule has 0 saturated carbocycles. The van der Waals surface area contributed by atoms with E-state index in [-0.39, 0.29) is 0 Å². The maximum Gasteiger partial charge on any atom is 0.130 e. The molecule has 98 valence electrons.